The van der Waals surface area contributed by atoms with Crippen LogP contribution in [0.3, 0.4) is 0 Å². The van der Waals surface area contributed by atoms with Crippen molar-refractivity contribution in [3.63, 3.8) is 0 Å². The standard InChI is InChI=1S/C19H30N2O2/c1-5-23-17-10-8-16(9-11-17)18-7-6-12-21(18)13-19(22)20-15(4)14(2)3/h8-11,14-15,18H,5-7,12-13H2,1-4H3,(H,20,22). The van der Waals surface area contributed by atoms with Gasteiger partial charge in [0.25, 0.3) is 0 Å². The number of ether oxygens (including phenoxy) is 1. The van der Waals surface area contributed by atoms with Crippen molar-refractivity contribution in [2.75, 3.05) is 19.7 Å². The molecule has 1 fully saturated rings. The Hall–Kier alpha value is -1.55. The van der Waals surface area contributed by atoms with Gasteiger partial charge in [0.15, 0.2) is 0 Å². The number of benzene rings is 1. The van der Waals surface area contributed by atoms with Crippen LogP contribution in [0, 0.1) is 5.92 Å². The van der Waals surface area contributed by atoms with Crippen molar-refractivity contribution in [1.29, 1.82) is 0 Å². The summed E-state index contributed by atoms with van der Waals surface area (Å²) in [6, 6.07) is 8.86. The summed E-state index contributed by atoms with van der Waals surface area (Å²) in [5.74, 6) is 1.49. The smallest absolute Gasteiger partial charge is 0.234 e. The minimum atomic E-state index is 0.129. The molecule has 2 rings (SSSR count). The van der Waals surface area contributed by atoms with Gasteiger partial charge in [-0.05, 0) is 56.8 Å². The van der Waals surface area contributed by atoms with Crippen molar-refractivity contribution >= 4 is 5.91 Å². The lowest BCUT2D eigenvalue weighted by molar-refractivity contribution is -0.123. The predicted molar refractivity (Wildman–Crippen MR) is 93.6 cm³/mol. The molecule has 1 aromatic rings. The number of carbonyl (C=O) groups excluding carboxylic acids is 1. The van der Waals surface area contributed by atoms with Crippen molar-refractivity contribution in [2.45, 2.75) is 52.6 Å². The second-order valence-corrected chi connectivity index (χ2v) is 6.73. The highest BCUT2D eigenvalue weighted by Crippen LogP contribution is 2.32. The van der Waals surface area contributed by atoms with Gasteiger partial charge in [-0.15, -0.1) is 0 Å². The molecule has 4 nitrogen and oxygen atoms in total. The average Bonchev–Trinajstić information content (AvgIpc) is 2.96. The Bertz CT molecular complexity index is 499. The maximum Gasteiger partial charge on any atom is 0.234 e. The Labute approximate surface area is 140 Å². The maximum absolute atomic E-state index is 12.3. The first-order chi connectivity index (χ1) is 11.0. The summed E-state index contributed by atoms with van der Waals surface area (Å²) < 4.78 is 5.50. The van der Waals surface area contributed by atoms with Crippen molar-refractivity contribution < 1.29 is 9.53 Å². The first kappa shape index (κ1) is 17.8. The van der Waals surface area contributed by atoms with Gasteiger partial charge in [0.2, 0.25) is 5.91 Å². The molecule has 2 unspecified atom stereocenters. The number of nitrogens with one attached hydrogen (secondary N) is 1. The predicted octanol–water partition coefficient (Wildman–Crippen LogP) is 3.38. The largest absolute Gasteiger partial charge is 0.494 e. The van der Waals surface area contributed by atoms with Crippen molar-refractivity contribution in [3.8, 4) is 5.75 Å². The van der Waals surface area contributed by atoms with Gasteiger partial charge in [-0.25, -0.2) is 0 Å². The van der Waals surface area contributed by atoms with E-state index < -0.39 is 0 Å². The molecular weight excluding hydrogens is 288 g/mol. The fraction of sp³-hybridized carbons (Fsp3) is 0.632. The number of carbonyl (C=O) groups is 1. The van der Waals surface area contributed by atoms with Gasteiger partial charge in [-0.3, -0.25) is 9.69 Å². The Balaban J connectivity index is 1.95. The quantitative estimate of drug-likeness (QED) is 0.838. The highest BCUT2D eigenvalue weighted by molar-refractivity contribution is 5.78. The van der Waals surface area contributed by atoms with Crippen molar-refractivity contribution in [1.82, 2.24) is 10.2 Å². The highest BCUT2D eigenvalue weighted by atomic mass is 16.5. The van der Waals surface area contributed by atoms with Crippen LogP contribution in [0.1, 0.15) is 52.1 Å². The zero-order valence-corrected chi connectivity index (χ0v) is 14.8. The van der Waals surface area contributed by atoms with Crippen LogP contribution < -0.4 is 10.1 Å². The van der Waals surface area contributed by atoms with Gasteiger partial charge in [0.1, 0.15) is 5.75 Å². The average molecular weight is 318 g/mol. The lowest BCUT2D eigenvalue weighted by Gasteiger charge is -2.26. The molecule has 0 aliphatic carbocycles. The summed E-state index contributed by atoms with van der Waals surface area (Å²) in [5, 5.41) is 3.10. The molecular formula is C19H30N2O2. The molecule has 0 spiro atoms. The molecule has 0 bridgehead atoms. The van der Waals surface area contributed by atoms with E-state index in [9.17, 15) is 4.79 Å². The molecule has 1 aliphatic rings. The van der Waals surface area contributed by atoms with Gasteiger partial charge < -0.3 is 10.1 Å². The number of hydrogen-bond donors (Lipinski definition) is 1. The van der Waals surface area contributed by atoms with E-state index in [2.05, 4.69) is 43.1 Å². The van der Waals surface area contributed by atoms with Gasteiger partial charge >= 0.3 is 0 Å². The Kier molecular flexibility index (Phi) is 6.46. The Morgan fingerprint density at radius 3 is 2.61 bits per heavy atom. The lowest BCUT2D eigenvalue weighted by atomic mass is 10.0. The molecule has 0 radical (unpaired) electrons. The second kappa shape index (κ2) is 8.34. The van der Waals surface area contributed by atoms with Crippen LogP contribution in [-0.2, 0) is 4.79 Å². The monoisotopic (exact) mass is 318 g/mol. The fourth-order valence-electron chi connectivity index (χ4n) is 3.00. The minimum absolute atomic E-state index is 0.129. The molecule has 1 N–H and O–H groups in total. The zero-order valence-electron chi connectivity index (χ0n) is 14.8. The number of hydrogen-bond acceptors (Lipinski definition) is 3. The summed E-state index contributed by atoms with van der Waals surface area (Å²) in [6.07, 6.45) is 2.26. The fourth-order valence-corrected chi connectivity index (χ4v) is 3.00. The van der Waals surface area contributed by atoms with Crippen LogP contribution in [-0.4, -0.2) is 36.5 Å². The van der Waals surface area contributed by atoms with Crippen molar-refractivity contribution in [2.24, 2.45) is 5.92 Å². The van der Waals surface area contributed by atoms with Crippen molar-refractivity contribution in [3.05, 3.63) is 29.8 Å². The van der Waals surface area contributed by atoms with E-state index in [0.717, 1.165) is 25.1 Å². The summed E-state index contributed by atoms with van der Waals surface area (Å²) in [7, 11) is 0. The molecule has 128 valence electrons. The molecule has 0 saturated carbocycles. The molecule has 1 aliphatic heterocycles. The molecule has 1 aromatic carbocycles. The number of nitrogens with zero attached hydrogens (tertiary/aromatic N) is 1. The first-order valence-electron chi connectivity index (χ1n) is 8.77. The molecule has 1 amide bonds. The van der Waals surface area contributed by atoms with Crippen LogP contribution in [0.25, 0.3) is 0 Å². The molecule has 0 aromatic heterocycles. The zero-order chi connectivity index (χ0) is 16.8. The summed E-state index contributed by atoms with van der Waals surface area (Å²) in [5.41, 5.74) is 1.27. The molecule has 2 atom stereocenters. The van der Waals surface area contributed by atoms with Crippen LogP contribution >= 0.6 is 0 Å². The summed E-state index contributed by atoms with van der Waals surface area (Å²) >= 11 is 0. The van der Waals surface area contributed by atoms with E-state index in [1.54, 1.807) is 0 Å². The number of likely N-dealkylation sites (tertiary alicyclic amines) is 1. The minimum Gasteiger partial charge on any atom is -0.494 e. The van der Waals surface area contributed by atoms with Crippen LogP contribution in [0.15, 0.2) is 24.3 Å². The third-order valence-corrected chi connectivity index (χ3v) is 4.67. The normalized spacial score (nSPS) is 19.8. The van der Waals surface area contributed by atoms with E-state index in [4.69, 9.17) is 4.74 Å². The van der Waals surface area contributed by atoms with Gasteiger partial charge in [-0.1, -0.05) is 26.0 Å². The van der Waals surface area contributed by atoms with E-state index in [1.165, 1.54) is 5.56 Å². The maximum atomic E-state index is 12.3. The molecule has 1 heterocycles. The van der Waals surface area contributed by atoms with Crippen LogP contribution in [0.2, 0.25) is 0 Å². The topological polar surface area (TPSA) is 41.6 Å². The van der Waals surface area contributed by atoms with Crippen LogP contribution in [0.5, 0.6) is 5.75 Å². The van der Waals surface area contributed by atoms with Gasteiger partial charge in [-0.2, -0.15) is 0 Å². The van der Waals surface area contributed by atoms with E-state index in [0.29, 0.717) is 25.1 Å². The Morgan fingerprint density at radius 1 is 1.30 bits per heavy atom. The Morgan fingerprint density at radius 2 is 2.00 bits per heavy atom. The van der Waals surface area contributed by atoms with Gasteiger partial charge in [0.05, 0.1) is 13.2 Å². The summed E-state index contributed by atoms with van der Waals surface area (Å²) in [4.78, 5) is 14.5. The number of amides is 1. The molecule has 23 heavy (non-hydrogen) atoms. The number of rotatable bonds is 7. The van der Waals surface area contributed by atoms with E-state index in [-0.39, 0.29) is 11.9 Å². The van der Waals surface area contributed by atoms with Crippen LogP contribution in [0.4, 0.5) is 0 Å². The van der Waals surface area contributed by atoms with E-state index in [1.807, 2.05) is 19.1 Å². The molecule has 1 saturated heterocycles. The summed E-state index contributed by atoms with van der Waals surface area (Å²) in [6.45, 7) is 10.5. The lowest BCUT2D eigenvalue weighted by Crippen LogP contribution is -2.42. The SMILES string of the molecule is CCOc1ccc(C2CCCN2CC(=O)NC(C)C(C)C)cc1. The van der Waals surface area contributed by atoms with Gasteiger partial charge in [0, 0.05) is 12.1 Å². The molecule has 4 heteroatoms. The third kappa shape index (κ3) is 4.96. The first-order valence-corrected chi connectivity index (χ1v) is 8.77. The highest BCUT2D eigenvalue weighted by Gasteiger charge is 2.27. The third-order valence-electron chi connectivity index (χ3n) is 4.67. The van der Waals surface area contributed by atoms with E-state index >= 15 is 0 Å². The second-order valence-electron chi connectivity index (χ2n) is 6.73.